The molecule has 1 aromatic carbocycles. The molecule has 1 atom stereocenters. The number of carbonyl (C=O) groups excluding carboxylic acids is 2. The van der Waals surface area contributed by atoms with Gasteiger partial charge in [-0.25, -0.2) is 4.98 Å². The average Bonchev–Trinajstić information content (AvgIpc) is 3.04. The molecule has 31 heavy (non-hydrogen) atoms. The molecule has 1 unspecified atom stereocenters. The summed E-state index contributed by atoms with van der Waals surface area (Å²) in [6, 6.07) is 11.6. The number of pyridine rings is 2. The summed E-state index contributed by atoms with van der Waals surface area (Å²) >= 11 is 0. The molecule has 1 amide bonds. The van der Waals surface area contributed by atoms with E-state index in [-0.39, 0.29) is 17.9 Å². The van der Waals surface area contributed by atoms with Gasteiger partial charge in [0.05, 0.1) is 18.7 Å². The van der Waals surface area contributed by atoms with E-state index in [0.29, 0.717) is 16.9 Å². The first kappa shape index (κ1) is 20.3. The van der Waals surface area contributed by atoms with E-state index in [2.05, 4.69) is 9.97 Å². The third-order valence-corrected chi connectivity index (χ3v) is 5.33. The van der Waals surface area contributed by atoms with Crippen LogP contribution in [-0.2, 0) is 16.1 Å². The number of methoxy groups -OCH3 is 1. The third kappa shape index (κ3) is 3.77. The summed E-state index contributed by atoms with van der Waals surface area (Å²) in [5, 5.41) is 11.1. The van der Waals surface area contributed by atoms with E-state index >= 15 is 0 Å². The molecule has 3 heterocycles. The van der Waals surface area contributed by atoms with Gasteiger partial charge in [0.2, 0.25) is 0 Å². The Hall–Kier alpha value is -4.00. The van der Waals surface area contributed by atoms with Gasteiger partial charge in [-0.1, -0.05) is 6.07 Å². The molecule has 1 fully saturated rings. The maximum atomic E-state index is 13.1. The Bertz CT molecular complexity index is 1160. The van der Waals surface area contributed by atoms with E-state index in [4.69, 9.17) is 4.74 Å². The van der Waals surface area contributed by atoms with E-state index in [9.17, 15) is 14.7 Å². The predicted octanol–water partition coefficient (Wildman–Crippen LogP) is 2.83. The van der Waals surface area contributed by atoms with E-state index in [1.165, 1.54) is 4.90 Å². The smallest absolute Gasteiger partial charge is 0.295 e. The minimum Gasteiger partial charge on any atom is -0.507 e. The highest BCUT2D eigenvalue weighted by Crippen LogP contribution is 2.40. The molecule has 1 aliphatic heterocycles. The van der Waals surface area contributed by atoms with Crippen molar-refractivity contribution in [2.75, 3.05) is 7.11 Å². The zero-order valence-corrected chi connectivity index (χ0v) is 17.2. The van der Waals surface area contributed by atoms with Crippen LogP contribution >= 0.6 is 0 Å². The number of aromatic amines is 1. The molecular weight excluding hydrogens is 394 g/mol. The highest BCUT2D eigenvalue weighted by molar-refractivity contribution is 6.46. The van der Waals surface area contributed by atoms with Crippen molar-refractivity contribution in [2.24, 2.45) is 0 Å². The van der Waals surface area contributed by atoms with Crippen molar-refractivity contribution in [2.45, 2.75) is 19.5 Å². The second kappa shape index (κ2) is 8.39. The van der Waals surface area contributed by atoms with Crippen molar-refractivity contribution in [1.29, 1.82) is 0 Å². The Kier molecular flexibility index (Phi) is 5.49. The monoisotopic (exact) mass is 416 g/mol. The van der Waals surface area contributed by atoms with Crippen LogP contribution in [0.25, 0.3) is 5.76 Å². The lowest BCUT2D eigenvalue weighted by Crippen LogP contribution is -2.29. The molecule has 156 valence electrons. The molecule has 3 aromatic rings. The van der Waals surface area contributed by atoms with Gasteiger partial charge in [-0.3, -0.25) is 14.6 Å². The molecule has 7 nitrogen and oxygen atoms in total. The summed E-state index contributed by atoms with van der Waals surface area (Å²) in [7, 11) is 1.57. The molecular formula is C24H22N3O4+. The number of rotatable bonds is 5. The number of likely N-dealkylation sites (tertiary alicyclic amines) is 1. The van der Waals surface area contributed by atoms with E-state index in [1.807, 2.05) is 19.1 Å². The number of Topliss-reactive ketones (excluding diaryl/α,β-unsaturated/α-hetero) is 1. The minimum atomic E-state index is -0.736. The lowest BCUT2D eigenvalue weighted by molar-refractivity contribution is -0.379. The number of aliphatic hydroxyl groups excluding tert-OH is 1. The number of H-pyrrole nitrogens is 1. The first-order valence-electron chi connectivity index (χ1n) is 9.79. The van der Waals surface area contributed by atoms with Gasteiger partial charge in [0, 0.05) is 36.1 Å². The lowest BCUT2D eigenvalue weighted by atomic mass is 9.95. The van der Waals surface area contributed by atoms with Gasteiger partial charge in [-0.05, 0) is 48.4 Å². The second-order valence-electron chi connectivity index (χ2n) is 7.31. The Morgan fingerprint density at radius 1 is 1.23 bits per heavy atom. The van der Waals surface area contributed by atoms with Crippen molar-refractivity contribution in [3.8, 4) is 5.75 Å². The number of hydrogen-bond acceptors (Lipinski definition) is 5. The van der Waals surface area contributed by atoms with Crippen molar-refractivity contribution in [3.63, 3.8) is 0 Å². The van der Waals surface area contributed by atoms with Crippen LogP contribution in [0.15, 0.2) is 72.8 Å². The molecule has 1 aliphatic rings. The molecule has 0 spiro atoms. The van der Waals surface area contributed by atoms with E-state index < -0.39 is 17.7 Å². The normalized spacial score (nSPS) is 17.7. The molecule has 0 radical (unpaired) electrons. The molecule has 0 saturated carbocycles. The first-order valence-corrected chi connectivity index (χ1v) is 9.79. The Labute approximate surface area is 179 Å². The average molecular weight is 416 g/mol. The largest absolute Gasteiger partial charge is 0.507 e. The van der Waals surface area contributed by atoms with E-state index in [0.717, 1.165) is 11.1 Å². The number of ketones is 1. The molecule has 2 aromatic heterocycles. The van der Waals surface area contributed by atoms with Gasteiger partial charge in [-0.2, -0.15) is 0 Å². The zero-order valence-electron chi connectivity index (χ0n) is 17.2. The first-order chi connectivity index (χ1) is 15.0. The summed E-state index contributed by atoms with van der Waals surface area (Å²) in [6.07, 6.45) is 6.76. The van der Waals surface area contributed by atoms with Gasteiger partial charge in [0.25, 0.3) is 11.7 Å². The number of ether oxygens (including phenoxy) is 1. The summed E-state index contributed by atoms with van der Waals surface area (Å²) in [5.74, 6) is -0.928. The topological polar surface area (TPSA) is 93.9 Å². The predicted molar refractivity (Wildman–Crippen MR) is 113 cm³/mol. The Balaban J connectivity index is 1.85. The van der Waals surface area contributed by atoms with Gasteiger partial charge < -0.3 is 14.7 Å². The maximum absolute atomic E-state index is 13.1. The Morgan fingerprint density at radius 2 is 2.06 bits per heavy atom. The highest BCUT2D eigenvalue weighted by atomic mass is 16.5. The number of benzene rings is 1. The van der Waals surface area contributed by atoms with Crippen molar-refractivity contribution >= 4 is 17.4 Å². The number of nitrogens with one attached hydrogen (secondary N) is 1. The maximum Gasteiger partial charge on any atom is 0.295 e. The number of aromatic nitrogens is 2. The molecule has 7 heteroatoms. The quantitative estimate of drug-likeness (QED) is 0.392. The van der Waals surface area contributed by atoms with E-state index in [1.54, 1.807) is 62.2 Å². The third-order valence-electron chi connectivity index (χ3n) is 5.33. The highest BCUT2D eigenvalue weighted by Gasteiger charge is 2.46. The fourth-order valence-electron chi connectivity index (χ4n) is 3.84. The van der Waals surface area contributed by atoms with Crippen LogP contribution in [0.4, 0.5) is 0 Å². The molecule has 1 saturated heterocycles. The van der Waals surface area contributed by atoms with Crippen molar-refractivity contribution in [3.05, 3.63) is 95.1 Å². The molecule has 2 N–H and O–H groups in total. The van der Waals surface area contributed by atoms with Crippen LogP contribution in [0, 0.1) is 6.92 Å². The van der Waals surface area contributed by atoms with Gasteiger partial charge in [0.1, 0.15) is 11.5 Å². The summed E-state index contributed by atoms with van der Waals surface area (Å²) in [6.45, 7) is 2.04. The fraction of sp³-hybridized carbons (Fsp3) is 0.167. The van der Waals surface area contributed by atoms with Crippen LogP contribution in [0.5, 0.6) is 5.75 Å². The summed E-state index contributed by atoms with van der Waals surface area (Å²) < 4.78 is 5.28. The number of aliphatic hydroxyl groups is 1. The zero-order chi connectivity index (χ0) is 22.0. The summed E-state index contributed by atoms with van der Waals surface area (Å²) in [4.78, 5) is 34.6. The van der Waals surface area contributed by atoms with Crippen molar-refractivity contribution in [1.82, 2.24) is 9.88 Å². The fourth-order valence-corrected chi connectivity index (χ4v) is 3.84. The number of carbonyl (C=O) groups is 2. The van der Waals surface area contributed by atoms with Crippen LogP contribution in [-0.4, -0.2) is 33.8 Å². The molecule has 0 aliphatic carbocycles. The SMILES string of the molecule is COc1ccc(C(O)=C2C(=O)C(=O)N(Cc3cccnc3)C2c2ccc[nH+]c2)cc1C. The number of aryl methyl sites for hydroxylation is 1. The Morgan fingerprint density at radius 3 is 2.71 bits per heavy atom. The number of amides is 1. The van der Waals surface area contributed by atoms with Crippen LogP contribution < -0.4 is 9.72 Å². The standard InChI is InChI=1S/C24H21N3O4/c1-15-11-17(7-8-19(15)31-2)22(28)20-21(18-6-4-10-26-13-18)27(24(30)23(20)29)14-16-5-3-9-25-12-16/h3-13,21,28H,14H2,1-2H3/p+1. The van der Waals surface area contributed by atoms with Gasteiger partial charge in [0.15, 0.2) is 12.4 Å². The van der Waals surface area contributed by atoms with Crippen LogP contribution in [0.1, 0.15) is 28.3 Å². The number of nitrogens with zero attached hydrogens (tertiary/aromatic N) is 2. The second-order valence-corrected chi connectivity index (χ2v) is 7.31. The van der Waals surface area contributed by atoms with Gasteiger partial charge >= 0.3 is 0 Å². The molecule has 4 rings (SSSR count). The van der Waals surface area contributed by atoms with Crippen molar-refractivity contribution < 1.29 is 24.4 Å². The van der Waals surface area contributed by atoms with Gasteiger partial charge in [-0.15, -0.1) is 0 Å². The van der Waals surface area contributed by atoms with Crippen LogP contribution in [0.2, 0.25) is 0 Å². The minimum absolute atomic E-state index is 0.0538. The summed E-state index contributed by atoms with van der Waals surface area (Å²) in [5.41, 5.74) is 2.79. The number of hydrogen-bond donors (Lipinski definition) is 1. The lowest BCUT2D eigenvalue weighted by Gasteiger charge is -2.24. The van der Waals surface area contributed by atoms with Crippen LogP contribution in [0.3, 0.4) is 0 Å². The molecule has 0 bridgehead atoms.